The van der Waals surface area contributed by atoms with E-state index in [9.17, 15) is 4.79 Å². The van der Waals surface area contributed by atoms with Crippen LogP contribution in [0, 0.1) is 17.2 Å². The molecule has 5 heteroatoms. The third-order valence-corrected chi connectivity index (χ3v) is 3.42. The summed E-state index contributed by atoms with van der Waals surface area (Å²) >= 11 is 3.23. The van der Waals surface area contributed by atoms with E-state index < -0.39 is 0 Å². The zero-order valence-electron chi connectivity index (χ0n) is 9.19. The van der Waals surface area contributed by atoms with Crippen molar-refractivity contribution < 1.29 is 4.79 Å². The largest absolute Gasteiger partial charge is 0.348 e. The molecule has 0 bridgehead atoms. The van der Waals surface area contributed by atoms with Crippen LogP contribution in [0.4, 0.5) is 0 Å². The Labute approximate surface area is 108 Å². The molecule has 1 aliphatic carbocycles. The summed E-state index contributed by atoms with van der Waals surface area (Å²) in [6.07, 6.45) is 4.34. The monoisotopic (exact) mass is 293 g/mol. The summed E-state index contributed by atoms with van der Waals surface area (Å²) in [5.74, 6) is -0.190. The number of pyridine rings is 1. The molecule has 1 N–H and O–H groups in total. The van der Waals surface area contributed by atoms with E-state index in [4.69, 9.17) is 5.26 Å². The molecule has 2 rings (SSSR count). The van der Waals surface area contributed by atoms with E-state index in [1.54, 1.807) is 18.3 Å². The maximum Gasteiger partial charge on any atom is 0.251 e. The van der Waals surface area contributed by atoms with Gasteiger partial charge in [-0.1, -0.05) is 0 Å². The number of nitrogens with one attached hydrogen (secondary N) is 1. The van der Waals surface area contributed by atoms with Crippen molar-refractivity contribution in [3.05, 3.63) is 28.5 Å². The van der Waals surface area contributed by atoms with Gasteiger partial charge in [-0.3, -0.25) is 4.79 Å². The van der Waals surface area contributed by atoms with Crippen molar-refractivity contribution in [3.63, 3.8) is 0 Å². The Kier molecular flexibility index (Phi) is 3.75. The lowest BCUT2D eigenvalue weighted by Crippen LogP contribution is -2.36. The molecule has 2 atom stereocenters. The maximum absolute atomic E-state index is 11.9. The van der Waals surface area contributed by atoms with Crippen molar-refractivity contribution in [2.24, 2.45) is 5.92 Å². The maximum atomic E-state index is 11.9. The van der Waals surface area contributed by atoms with Gasteiger partial charge in [0.05, 0.1) is 12.0 Å². The molecule has 1 aliphatic rings. The Hall–Kier alpha value is -1.41. The first kappa shape index (κ1) is 12.1. The number of halogens is 1. The third kappa shape index (κ3) is 2.83. The van der Waals surface area contributed by atoms with E-state index in [2.05, 4.69) is 32.3 Å². The molecule has 0 spiro atoms. The van der Waals surface area contributed by atoms with Crippen LogP contribution >= 0.6 is 15.9 Å². The lowest BCUT2D eigenvalue weighted by molar-refractivity contribution is 0.0932. The minimum atomic E-state index is -0.139. The molecule has 88 valence electrons. The highest BCUT2D eigenvalue weighted by Crippen LogP contribution is 2.25. The molecule has 1 aromatic rings. The van der Waals surface area contributed by atoms with Crippen LogP contribution in [-0.4, -0.2) is 16.9 Å². The molecule has 0 radical (unpaired) electrons. The van der Waals surface area contributed by atoms with Gasteiger partial charge in [0.1, 0.15) is 4.60 Å². The highest BCUT2D eigenvalue weighted by atomic mass is 79.9. The van der Waals surface area contributed by atoms with Crippen LogP contribution in [0.1, 0.15) is 29.6 Å². The minimum absolute atomic E-state index is 0.0144. The first-order chi connectivity index (χ1) is 8.20. The first-order valence-corrected chi connectivity index (χ1v) is 6.32. The standard InChI is InChI=1S/C12H12BrN3O/c13-11-6-8(4-5-15-11)12(17)16-10-3-1-2-9(10)7-14/h4-6,9-10H,1-3H2,(H,16,17). The van der Waals surface area contributed by atoms with Gasteiger partial charge in [0, 0.05) is 17.8 Å². The van der Waals surface area contributed by atoms with E-state index in [-0.39, 0.29) is 17.9 Å². The molecule has 17 heavy (non-hydrogen) atoms. The Balaban J connectivity index is 2.05. The average Bonchev–Trinajstić information content (AvgIpc) is 2.76. The van der Waals surface area contributed by atoms with E-state index in [0.29, 0.717) is 10.2 Å². The highest BCUT2D eigenvalue weighted by molar-refractivity contribution is 9.10. The van der Waals surface area contributed by atoms with Crippen molar-refractivity contribution in [2.45, 2.75) is 25.3 Å². The molecule has 2 unspecified atom stereocenters. The number of carbonyl (C=O) groups excluding carboxylic acids is 1. The lowest BCUT2D eigenvalue weighted by Gasteiger charge is -2.15. The van der Waals surface area contributed by atoms with Crippen LogP contribution in [0.3, 0.4) is 0 Å². The molecule has 0 aliphatic heterocycles. The Morgan fingerprint density at radius 1 is 1.59 bits per heavy atom. The molecule has 4 nitrogen and oxygen atoms in total. The fourth-order valence-electron chi connectivity index (χ4n) is 2.08. The molecular formula is C12H12BrN3O. The van der Waals surface area contributed by atoms with Gasteiger partial charge in [0.15, 0.2) is 0 Å². The summed E-state index contributed by atoms with van der Waals surface area (Å²) in [5.41, 5.74) is 0.565. The van der Waals surface area contributed by atoms with Gasteiger partial charge >= 0.3 is 0 Å². The van der Waals surface area contributed by atoms with Gasteiger partial charge < -0.3 is 5.32 Å². The second kappa shape index (κ2) is 5.28. The summed E-state index contributed by atoms with van der Waals surface area (Å²) in [4.78, 5) is 15.9. The summed E-state index contributed by atoms with van der Waals surface area (Å²) < 4.78 is 0.633. The fraction of sp³-hybridized carbons (Fsp3) is 0.417. The van der Waals surface area contributed by atoms with E-state index >= 15 is 0 Å². The Morgan fingerprint density at radius 3 is 3.12 bits per heavy atom. The molecule has 1 saturated carbocycles. The minimum Gasteiger partial charge on any atom is -0.348 e. The van der Waals surface area contributed by atoms with Crippen molar-refractivity contribution in [1.29, 1.82) is 5.26 Å². The summed E-state index contributed by atoms with van der Waals surface area (Å²) in [7, 11) is 0. The normalized spacial score (nSPS) is 23.1. The number of hydrogen-bond acceptors (Lipinski definition) is 3. The summed E-state index contributed by atoms with van der Waals surface area (Å²) in [6.45, 7) is 0. The average molecular weight is 294 g/mol. The van der Waals surface area contributed by atoms with Crippen LogP contribution in [0.15, 0.2) is 22.9 Å². The molecule has 0 saturated heterocycles. The van der Waals surface area contributed by atoms with Crippen LogP contribution < -0.4 is 5.32 Å². The number of nitriles is 1. The summed E-state index contributed by atoms with van der Waals surface area (Å²) in [6, 6.07) is 5.57. The van der Waals surface area contributed by atoms with Crippen LogP contribution in [0.2, 0.25) is 0 Å². The molecule has 1 fully saturated rings. The van der Waals surface area contributed by atoms with Crippen LogP contribution in [-0.2, 0) is 0 Å². The lowest BCUT2D eigenvalue weighted by atomic mass is 10.1. The number of nitrogens with zero attached hydrogens (tertiary/aromatic N) is 2. The predicted molar refractivity (Wildman–Crippen MR) is 66.1 cm³/mol. The zero-order chi connectivity index (χ0) is 12.3. The number of hydrogen-bond donors (Lipinski definition) is 1. The van der Waals surface area contributed by atoms with E-state index in [1.807, 2.05) is 0 Å². The molecule has 1 heterocycles. The Bertz CT molecular complexity index is 469. The van der Waals surface area contributed by atoms with E-state index in [0.717, 1.165) is 19.3 Å². The number of aromatic nitrogens is 1. The predicted octanol–water partition coefficient (Wildman–Crippen LogP) is 2.27. The Morgan fingerprint density at radius 2 is 2.41 bits per heavy atom. The van der Waals surface area contributed by atoms with Gasteiger partial charge in [0.25, 0.3) is 5.91 Å². The van der Waals surface area contributed by atoms with Crippen molar-refractivity contribution in [1.82, 2.24) is 10.3 Å². The molecule has 1 amide bonds. The van der Waals surface area contributed by atoms with Crippen molar-refractivity contribution in [3.8, 4) is 6.07 Å². The van der Waals surface area contributed by atoms with Crippen molar-refractivity contribution in [2.75, 3.05) is 0 Å². The second-order valence-corrected chi connectivity index (χ2v) is 4.93. The fourth-order valence-corrected chi connectivity index (χ4v) is 2.45. The number of carbonyl (C=O) groups is 1. The first-order valence-electron chi connectivity index (χ1n) is 5.53. The van der Waals surface area contributed by atoms with Crippen LogP contribution in [0.5, 0.6) is 0 Å². The van der Waals surface area contributed by atoms with Gasteiger partial charge in [0.2, 0.25) is 0 Å². The van der Waals surface area contributed by atoms with E-state index in [1.165, 1.54) is 0 Å². The van der Waals surface area contributed by atoms with Crippen LogP contribution in [0.25, 0.3) is 0 Å². The van der Waals surface area contributed by atoms with Gasteiger partial charge in [-0.25, -0.2) is 4.98 Å². The topological polar surface area (TPSA) is 65.8 Å². The highest BCUT2D eigenvalue weighted by Gasteiger charge is 2.28. The summed E-state index contributed by atoms with van der Waals surface area (Å²) in [5, 5.41) is 11.9. The molecule has 0 aromatic carbocycles. The van der Waals surface area contributed by atoms with Crippen molar-refractivity contribution >= 4 is 21.8 Å². The number of rotatable bonds is 2. The zero-order valence-corrected chi connectivity index (χ0v) is 10.8. The second-order valence-electron chi connectivity index (χ2n) is 4.11. The smallest absolute Gasteiger partial charge is 0.251 e. The quantitative estimate of drug-likeness (QED) is 0.851. The third-order valence-electron chi connectivity index (χ3n) is 2.99. The molecule has 1 aromatic heterocycles. The van der Waals surface area contributed by atoms with Gasteiger partial charge in [-0.15, -0.1) is 0 Å². The van der Waals surface area contributed by atoms with Gasteiger partial charge in [-0.2, -0.15) is 5.26 Å². The SMILES string of the molecule is N#CC1CCCC1NC(=O)c1ccnc(Br)c1. The van der Waals surface area contributed by atoms with Gasteiger partial charge in [-0.05, 0) is 47.3 Å². The molecular weight excluding hydrogens is 282 g/mol. The number of amides is 1.